The van der Waals surface area contributed by atoms with E-state index in [-0.39, 0.29) is 12.1 Å². The number of hydrogen-bond donors (Lipinski definition) is 1. The first-order chi connectivity index (χ1) is 12.2. The minimum atomic E-state index is -0.142. The van der Waals surface area contributed by atoms with Gasteiger partial charge in [0.25, 0.3) is 0 Å². The van der Waals surface area contributed by atoms with Crippen molar-refractivity contribution in [1.82, 2.24) is 9.88 Å². The summed E-state index contributed by atoms with van der Waals surface area (Å²) in [7, 11) is 0. The number of benzene rings is 1. The maximum atomic E-state index is 12.8. The number of pyridine rings is 1. The van der Waals surface area contributed by atoms with Gasteiger partial charge in [0.1, 0.15) is 6.07 Å². The van der Waals surface area contributed by atoms with E-state index in [1.807, 2.05) is 4.90 Å². The molecule has 1 fully saturated rings. The Hall–Kier alpha value is -2.58. The van der Waals surface area contributed by atoms with Gasteiger partial charge in [0.05, 0.1) is 5.56 Å². The van der Waals surface area contributed by atoms with Gasteiger partial charge in [0, 0.05) is 35.7 Å². The van der Waals surface area contributed by atoms with E-state index in [0.29, 0.717) is 22.8 Å². The summed E-state index contributed by atoms with van der Waals surface area (Å²) in [4.78, 5) is 18.8. The number of aromatic nitrogens is 1. The molecule has 2 amide bonds. The van der Waals surface area contributed by atoms with Crippen LogP contribution in [0.25, 0.3) is 0 Å². The van der Waals surface area contributed by atoms with Gasteiger partial charge in [-0.2, -0.15) is 5.26 Å². The quantitative estimate of drug-likeness (QED) is 0.873. The molecule has 1 N–H and O–H groups in total. The number of halogens is 1. The zero-order valence-corrected chi connectivity index (χ0v) is 14.5. The molecule has 0 aliphatic heterocycles. The van der Waals surface area contributed by atoms with Crippen molar-refractivity contribution in [2.75, 3.05) is 5.32 Å². The standard InChI is InChI=1S/C19H19ClN4O/c20-16-5-7-17(8-6-16)23-19(25)24(18-3-1-2-4-18)13-15-9-14(10-21)11-22-12-15/h5-9,11-12,18H,1-4,13H2,(H,23,25). The Bertz CT molecular complexity index is 779. The highest BCUT2D eigenvalue weighted by Gasteiger charge is 2.27. The number of rotatable bonds is 4. The van der Waals surface area contributed by atoms with Crippen LogP contribution in [0.15, 0.2) is 42.7 Å². The van der Waals surface area contributed by atoms with E-state index in [2.05, 4.69) is 16.4 Å². The molecule has 0 bridgehead atoms. The number of nitrogens with zero attached hydrogens (tertiary/aromatic N) is 3. The van der Waals surface area contributed by atoms with Crippen LogP contribution in [-0.4, -0.2) is 22.0 Å². The number of carbonyl (C=O) groups excluding carboxylic acids is 1. The summed E-state index contributed by atoms with van der Waals surface area (Å²) in [6.07, 6.45) is 7.49. The lowest BCUT2D eigenvalue weighted by Crippen LogP contribution is -2.41. The highest BCUT2D eigenvalue weighted by Crippen LogP contribution is 2.26. The van der Waals surface area contributed by atoms with Crippen LogP contribution >= 0.6 is 11.6 Å². The van der Waals surface area contributed by atoms with E-state index in [0.717, 1.165) is 31.2 Å². The lowest BCUT2D eigenvalue weighted by molar-refractivity contribution is 0.184. The van der Waals surface area contributed by atoms with E-state index >= 15 is 0 Å². The van der Waals surface area contributed by atoms with Crippen molar-refractivity contribution in [1.29, 1.82) is 5.26 Å². The molecule has 25 heavy (non-hydrogen) atoms. The molecular formula is C19H19ClN4O. The van der Waals surface area contributed by atoms with Gasteiger partial charge in [0.2, 0.25) is 0 Å². The van der Waals surface area contributed by atoms with Gasteiger partial charge in [-0.1, -0.05) is 24.4 Å². The Morgan fingerprint density at radius 2 is 2.00 bits per heavy atom. The summed E-state index contributed by atoms with van der Waals surface area (Å²) >= 11 is 5.89. The molecule has 1 aliphatic rings. The maximum Gasteiger partial charge on any atom is 0.322 e. The van der Waals surface area contributed by atoms with Gasteiger partial charge in [-0.25, -0.2) is 4.79 Å². The lowest BCUT2D eigenvalue weighted by atomic mass is 10.1. The minimum absolute atomic E-state index is 0.142. The number of nitrogens with one attached hydrogen (secondary N) is 1. The van der Waals surface area contributed by atoms with Gasteiger partial charge in [-0.3, -0.25) is 4.98 Å². The SMILES string of the molecule is N#Cc1cncc(CN(C(=O)Nc2ccc(Cl)cc2)C2CCCC2)c1. The molecule has 6 heteroatoms. The molecule has 0 unspecified atom stereocenters. The van der Waals surface area contributed by atoms with Crippen molar-refractivity contribution in [3.63, 3.8) is 0 Å². The average molecular weight is 355 g/mol. The molecule has 3 rings (SSSR count). The molecule has 2 aromatic rings. The zero-order chi connectivity index (χ0) is 17.6. The van der Waals surface area contributed by atoms with Crippen LogP contribution in [0.1, 0.15) is 36.8 Å². The number of amides is 2. The number of nitriles is 1. The number of carbonyl (C=O) groups is 1. The van der Waals surface area contributed by atoms with E-state index in [1.165, 1.54) is 6.20 Å². The minimum Gasteiger partial charge on any atom is -0.317 e. The van der Waals surface area contributed by atoms with Crippen molar-refractivity contribution in [2.45, 2.75) is 38.3 Å². The summed E-state index contributed by atoms with van der Waals surface area (Å²) < 4.78 is 0. The van der Waals surface area contributed by atoms with Crippen LogP contribution in [0.4, 0.5) is 10.5 Å². The van der Waals surface area contributed by atoms with Crippen molar-refractivity contribution >= 4 is 23.3 Å². The molecule has 0 atom stereocenters. The van der Waals surface area contributed by atoms with Crippen LogP contribution in [0.5, 0.6) is 0 Å². The van der Waals surface area contributed by atoms with Crippen LogP contribution in [0.2, 0.25) is 5.02 Å². The summed E-state index contributed by atoms with van der Waals surface area (Å²) in [5.74, 6) is 0. The fraction of sp³-hybridized carbons (Fsp3) is 0.316. The highest BCUT2D eigenvalue weighted by molar-refractivity contribution is 6.30. The molecular weight excluding hydrogens is 336 g/mol. The molecule has 1 aliphatic carbocycles. The fourth-order valence-electron chi connectivity index (χ4n) is 3.14. The fourth-order valence-corrected chi connectivity index (χ4v) is 3.27. The number of urea groups is 1. The third-order valence-electron chi connectivity index (χ3n) is 4.40. The van der Waals surface area contributed by atoms with Crippen molar-refractivity contribution in [3.8, 4) is 6.07 Å². The largest absolute Gasteiger partial charge is 0.322 e. The molecule has 1 saturated carbocycles. The maximum absolute atomic E-state index is 12.8. The van der Waals surface area contributed by atoms with Crippen LogP contribution < -0.4 is 5.32 Å². The summed E-state index contributed by atoms with van der Waals surface area (Å²) in [6.45, 7) is 0.437. The summed E-state index contributed by atoms with van der Waals surface area (Å²) in [6, 6.07) is 11.0. The first kappa shape index (κ1) is 17.2. The van der Waals surface area contributed by atoms with Crippen LogP contribution in [0.3, 0.4) is 0 Å². The second-order valence-corrected chi connectivity index (χ2v) is 6.63. The van der Waals surface area contributed by atoms with E-state index in [9.17, 15) is 4.79 Å². The Labute approximate surface area is 152 Å². The Kier molecular flexibility index (Phi) is 5.52. The van der Waals surface area contributed by atoms with E-state index < -0.39 is 0 Å². The Balaban J connectivity index is 1.77. The first-order valence-corrected chi connectivity index (χ1v) is 8.71. The van der Waals surface area contributed by atoms with Gasteiger partial charge in [0.15, 0.2) is 0 Å². The Morgan fingerprint density at radius 1 is 1.28 bits per heavy atom. The molecule has 5 nitrogen and oxygen atoms in total. The molecule has 1 aromatic heterocycles. The van der Waals surface area contributed by atoms with Gasteiger partial charge < -0.3 is 10.2 Å². The van der Waals surface area contributed by atoms with Crippen molar-refractivity contribution in [2.24, 2.45) is 0 Å². The lowest BCUT2D eigenvalue weighted by Gasteiger charge is -2.29. The van der Waals surface area contributed by atoms with Gasteiger partial charge >= 0.3 is 6.03 Å². The van der Waals surface area contributed by atoms with Gasteiger partial charge in [-0.05, 0) is 48.7 Å². The summed E-state index contributed by atoms with van der Waals surface area (Å²) in [5, 5.41) is 12.6. The van der Waals surface area contributed by atoms with Gasteiger partial charge in [-0.15, -0.1) is 0 Å². The van der Waals surface area contributed by atoms with Crippen LogP contribution in [-0.2, 0) is 6.54 Å². The third kappa shape index (κ3) is 4.49. The first-order valence-electron chi connectivity index (χ1n) is 8.33. The number of anilines is 1. The van der Waals surface area contributed by atoms with Crippen molar-refractivity contribution < 1.29 is 4.79 Å². The van der Waals surface area contributed by atoms with Crippen molar-refractivity contribution in [3.05, 3.63) is 58.9 Å². The third-order valence-corrected chi connectivity index (χ3v) is 4.65. The normalized spacial score (nSPS) is 14.1. The topological polar surface area (TPSA) is 69.0 Å². The molecule has 128 valence electrons. The smallest absolute Gasteiger partial charge is 0.317 e. The molecule has 0 saturated heterocycles. The summed E-state index contributed by atoms with van der Waals surface area (Å²) in [5.41, 5.74) is 2.07. The van der Waals surface area contributed by atoms with Crippen LogP contribution in [0, 0.1) is 11.3 Å². The monoisotopic (exact) mass is 354 g/mol. The second-order valence-electron chi connectivity index (χ2n) is 6.20. The molecule has 0 radical (unpaired) electrons. The number of hydrogen-bond acceptors (Lipinski definition) is 3. The zero-order valence-electron chi connectivity index (χ0n) is 13.8. The predicted octanol–water partition coefficient (Wildman–Crippen LogP) is 4.58. The second kappa shape index (κ2) is 8.00. The average Bonchev–Trinajstić information content (AvgIpc) is 3.16. The van der Waals surface area contributed by atoms with E-state index in [4.69, 9.17) is 16.9 Å². The molecule has 1 aromatic carbocycles. The van der Waals surface area contributed by atoms with E-state index in [1.54, 1.807) is 36.5 Å². The Morgan fingerprint density at radius 3 is 2.68 bits per heavy atom. The highest BCUT2D eigenvalue weighted by atomic mass is 35.5. The predicted molar refractivity (Wildman–Crippen MR) is 97.2 cm³/mol. The molecule has 0 spiro atoms. The molecule has 1 heterocycles.